The fourth-order valence-corrected chi connectivity index (χ4v) is 3.44. The molecule has 0 saturated heterocycles. The minimum Gasteiger partial charge on any atom is -0.309 e. The van der Waals surface area contributed by atoms with Gasteiger partial charge in [-0.15, -0.1) is 22.7 Å². The molecule has 5 heteroatoms. The number of hydrogen-bond donors (Lipinski definition) is 1. The van der Waals surface area contributed by atoms with Gasteiger partial charge in [-0.2, -0.15) is 0 Å². The lowest BCUT2D eigenvalue weighted by atomic mass is 10.1. The summed E-state index contributed by atoms with van der Waals surface area (Å²) in [5.41, 5.74) is 0. The lowest BCUT2D eigenvalue weighted by molar-refractivity contribution is 0.535. The van der Waals surface area contributed by atoms with Crippen LogP contribution in [0.15, 0.2) is 23.7 Å². The maximum absolute atomic E-state index is 6.00. The fraction of sp³-hybridized carbons (Fsp3) is 0.417. The van der Waals surface area contributed by atoms with E-state index in [1.165, 1.54) is 9.88 Å². The largest absolute Gasteiger partial charge is 0.309 e. The van der Waals surface area contributed by atoms with Gasteiger partial charge in [0, 0.05) is 28.9 Å². The smallest absolute Gasteiger partial charge is 0.0944 e. The summed E-state index contributed by atoms with van der Waals surface area (Å²) in [5, 5.41) is 6.75. The molecule has 2 aromatic rings. The maximum atomic E-state index is 6.00. The zero-order valence-corrected chi connectivity index (χ0v) is 12.0. The predicted octanol–water partition coefficient (Wildman–Crippen LogP) is 4.14. The van der Waals surface area contributed by atoms with E-state index in [4.69, 9.17) is 11.6 Å². The fourth-order valence-electron chi connectivity index (χ4n) is 1.64. The Morgan fingerprint density at radius 3 is 2.94 bits per heavy atom. The van der Waals surface area contributed by atoms with Crippen LogP contribution in [0.25, 0.3) is 0 Å². The molecule has 0 aliphatic heterocycles. The molecule has 0 radical (unpaired) electrons. The van der Waals surface area contributed by atoms with Crippen molar-refractivity contribution in [1.82, 2.24) is 10.3 Å². The van der Waals surface area contributed by atoms with Gasteiger partial charge in [0.05, 0.1) is 9.34 Å². The van der Waals surface area contributed by atoms with E-state index in [1.807, 2.05) is 17.6 Å². The molecule has 0 aromatic carbocycles. The van der Waals surface area contributed by atoms with E-state index in [1.54, 1.807) is 22.7 Å². The first kappa shape index (κ1) is 13.0. The van der Waals surface area contributed by atoms with Gasteiger partial charge in [0.1, 0.15) is 0 Å². The van der Waals surface area contributed by atoms with Gasteiger partial charge in [0.2, 0.25) is 0 Å². The second kappa shape index (κ2) is 6.50. The highest BCUT2D eigenvalue weighted by Gasteiger charge is 2.14. The Morgan fingerprint density at radius 1 is 1.47 bits per heavy atom. The normalized spacial score (nSPS) is 12.8. The molecule has 0 aliphatic rings. The van der Waals surface area contributed by atoms with E-state index in [9.17, 15) is 0 Å². The minimum atomic E-state index is 0.332. The van der Waals surface area contributed by atoms with Crippen LogP contribution in [0, 0.1) is 0 Å². The highest BCUT2D eigenvalue weighted by Crippen LogP contribution is 2.29. The Labute approximate surface area is 115 Å². The van der Waals surface area contributed by atoms with Gasteiger partial charge in [0.15, 0.2) is 0 Å². The molecule has 0 saturated carbocycles. The molecule has 0 fully saturated rings. The zero-order chi connectivity index (χ0) is 12.1. The summed E-state index contributed by atoms with van der Waals surface area (Å²) in [7, 11) is 0. The number of thiazole rings is 1. The van der Waals surface area contributed by atoms with Gasteiger partial charge in [0.25, 0.3) is 0 Å². The molecule has 2 aromatic heterocycles. The van der Waals surface area contributed by atoms with Crippen molar-refractivity contribution in [3.05, 3.63) is 37.9 Å². The number of nitrogens with one attached hydrogen (secondary N) is 1. The minimum absolute atomic E-state index is 0.332. The molecule has 1 unspecified atom stereocenters. The van der Waals surface area contributed by atoms with Crippen molar-refractivity contribution in [3.8, 4) is 0 Å². The van der Waals surface area contributed by atoms with Gasteiger partial charge in [-0.05, 0) is 25.1 Å². The van der Waals surface area contributed by atoms with Gasteiger partial charge in [-0.25, -0.2) is 4.98 Å². The van der Waals surface area contributed by atoms with Gasteiger partial charge < -0.3 is 5.32 Å². The van der Waals surface area contributed by atoms with Gasteiger partial charge >= 0.3 is 0 Å². The number of aromatic nitrogens is 1. The molecular weight excluding hydrogens is 272 g/mol. The van der Waals surface area contributed by atoms with Crippen LogP contribution in [-0.4, -0.2) is 11.5 Å². The molecule has 2 rings (SSSR count). The van der Waals surface area contributed by atoms with Gasteiger partial charge in [-0.1, -0.05) is 18.5 Å². The van der Waals surface area contributed by atoms with Crippen molar-refractivity contribution in [2.45, 2.75) is 25.8 Å². The summed E-state index contributed by atoms with van der Waals surface area (Å²) < 4.78 is 0.849. The third-order valence-corrected chi connectivity index (χ3v) is 4.59. The molecule has 0 bridgehead atoms. The molecule has 17 heavy (non-hydrogen) atoms. The Kier molecular flexibility index (Phi) is 4.98. The second-order valence-corrected chi connectivity index (χ2v) is 6.50. The van der Waals surface area contributed by atoms with Crippen LogP contribution in [-0.2, 0) is 6.42 Å². The topological polar surface area (TPSA) is 24.9 Å². The Morgan fingerprint density at radius 2 is 2.35 bits per heavy atom. The summed E-state index contributed by atoms with van der Waals surface area (Å²) >= 11 is 9.35. The third kappa shape index (κ3) is 3.78. The van der Waals surface area contributed by atoms with Crippen LogP contribution < -0.4 is 5.32 Å². The van der Waals surface area contributed by atoms with Crippen LogP contribution in [0.2, 0.25) is 4.34 Å². The second-order valence-electron chi connectivity index (χ2n) is 3.78. The molecule has 2 heterocycles. The standard InChI is InChI=1S/C12H15ClN2S2/c1-2-5-14-9(8-12-15-6-7-16-12)10-3-4-11(13)17-10/h3-4,6-7,9,14H,2,5,8H2,1H3. The SMILES string of the molecule is CCCNC(Cc1nccs1)c1ccc(Cl)s1. The predicted molar refractivity (Wildman–Crippen MR) is 76.2 cm³/mol. The van der Waals surface area contributed by atoms with Crippen molar-refractivity contribution in [2.24, 2.45) is 0 Å². The lowest BCUT2D eigenvalue weighted by Gasteiger charge is -2.15. The molecule has 0 amide bonds. The van der Waals surface area contributed by atoms with E-state index in [0.29, 0.717) is 6.04 Å². The van der Waals surface area contributed by atoms with E-state index in [-0.39, 0.29) is 0 Å². The van der Waals surface area contributed by atoms with E-state index >= 15 is 0 Å². The average Bonchev–Trinajstić information content (AvgIpc) is 2.95. The number of hydrogen-bond acceptors (Lipinski definition) is 4. The number of rotatable bonds is 6. The molecule has 2 nitrogen and oxygen atoms in total. The van der Waals surface area contributed by atoms with Crippen LogP contribution in [0.5, 0.6) is 0 Å². The Bertz CT molecular complexity index is 439. The molecule has 1 atom stereocenters. The van der Waals surface area contributed by atoms with Crippen molar-refractivity contribution in [2.75, 3.05) is 6.54 Å². The summed E-state index contributed by atoms with van der Waals surface area (Å²) in [6.45, 7) is 3.19. The first-order valence-electron chi connectivity index (χ1n) is 5.66. The molecule has 92 valence electrons. The monoisotopic (exact) mass is 286 g/mol. The molecule has 0 spiro atoms. The quantitative estimate of drug-likeness (QED) is 0.863. The van der Waals surface area contributed by atoms with Gasteiger partial charge in [-0.3, -0.25) is 0 Å². The summed E-state index contributed by atoms with van der Waals surface area (Å²) in [6.07, 6.45) is 3.93. The van der Waals surface area contributed by atoms with Crippen molar-refractivity contribution >= 4 is 34.3 Å². The molecule has 1 N–H and O–H groups in total. The van der Waals surface area contributed by atoms with Crippen molar-refractivity contribution < 1.29 is 0 Å². The van der Waals surface area contributed by atoms with E-state index in [2.05, 4.69) is 23.3 Å². The highest BCUT2D eigenvalue weighted by atomic mass is 35.5. The van der Waals surface area contributed by atoms with Crippen LogP contribution in [0.3, 0.4) is 0 Å². The van der Waals surface area contributed by atoms with Crippen LogP contribution in [0.4, 0.5) is 0 Å². The van der Waals surface area contributed by atoms with E-state index < -0.39 is 0 Å². The molecular formula is C12H15ClN2S2. The zero-order valence-electron chi connectivity index (χ0n) is 9.65. The van der Waals surface area contributed by atoms with Crippen LogP contribution in [0.1, 0.15) is 29.3 Å². The van der Waals surface area contributed by atoms with Crippen molar-refractivity contribution in [1.29, 1.82) is 0 Å². The first-order valence-corrected chi connectivity index (χ1v) is 7.74. The highest BCUT2D eigenvalue weighted by molar-refractivity contribution is 7.16. The summed E-state index contributed by atoms with van der Waals surface area (Å²) in [5.74, 6) is 0. The van der Waals surface area contributed by atoms with Crippen LogP contribution >= 0.6 is 34.3 Å². The lowest BCUT2D eigenvalue weighted by Crippen LogP contribution is -2.23. The molecule has 0 aliphatic carbocycles. The Balaban J connectivity index is 2.07. The first-order chi connectivity index (χ1) is 8.29. The van der Waals surface area contributed by atoms with Crippen molar-refractivity contribution in [3.63, 3.8) is 0 Å². The third-order valence-electron chi connectivity index (χ3n) is 2.44. The average molecular weight is 287 g/mol. The Hall–Kier alpha value is -0.420. The summed E-state index contributed by atoms with van der Waals surface area (Å²) in [4.78, 5) is 5.64. The number of thiophene rings is 1. The van der Waals surface area contributed by atoms with E-state index in [0.717, 1.165) is 23.7 Å². The number of nitrogens with zero attached hydrogens (tertiary/aromatic N) is 1. The number of halogens is 1. The maximum Gasteiger partial charge on any atom is 0.0944 e. The summed E-state index contributed by atoms with van der Waals surface area (Å²) in [6, 6.07) is 4.40.